The standard InChI is InChI=1S/C19H23F2N3O4/c20-19(21)8-15(16(22)25)24(10-19)18(26)14-6-5-13(11-3-4-11)17(23-14)28-9-12-2-1-7-27-12/h5-6,11-12,15H,1-4,7-10H2,(H2,22,25)/t12-,15+/m1/s1. The molecule has 2 aliphatic heterocycles. The zero-order valence-corrected chi connectivity index (χ0v) is 15.4. The number of hydrogen-bond donors (Lipinski definition) is 1. The second kappa shape index (κ2) is 7.27. The number of pyridine rings is 1. The van der Waals surface area contributed by atoms with E-state index in [1.54, 1.807) is 6.07 Å². The second-order valence-corrected chi connectivity index (χ2v) is 7.72. The summed E-state index contributed by atoms with van der Waals surface area (Å²) in [6.45, 7) is 0.181. The van der Waals surface area contributed by atoms with Gasteiger partial charge in [-0.25, -0.2) is 13.8 Å². The van der Waals surface area contributed by atoms with Crippen molar-refractivity contribution >= 4 is 11.8 Å². The zero-order valence-electron chi connectivity index (χ0n) is 15.4. The minimum atomic E-state index is -3.15. The Morgan fingerprint density at radius 3 is 2.75 bits per heavy atom. The lowest BCUT2D eigenvalue weighted by molar-refractivity contribution is -0.121. The van der Waals surface area contributed by atoms with Gasteiger partial charge in [0.15, 0.2) is 0 Å². The van der Waals surface area contributed by atoms with E-state index in [0.29, 0.717) is 25.0 Å². The highest BCUT2D eigenvalue weighted by molar-refractivity contribution is 5.96. The molecule has 7 nitrogen and oxygen atoms in total. The van der Waals surface area contributed by atoms with Crippen LogP contribution in [0.1, 0.15) is 54.1 Å². The van der Waals surface area contributed by atoms with Gasteiger partial charge in [-0.15, -0.1) is 0 Å². The van der Waals surface area contributed by atoms with Gasteiger partial charge in [-0.3, -0.25) is 9.59 Å². The number of nitrogens with two attached hydrogens (primary N) is 1. The number of likely N-dealkylation sites (tertiary alicyclic amines) is 1. The number of hydrogen-bond acceptors (Lipinski definition) is 5. The van der Waals surface area contributed by atoms with Gasteiger partial charge in [0.2, 0.25) is 11.8 Å². The summed E-state index contributed by atoms with van der Waals surface area (Å²) < 4.78 is 38.9. The van der Waals surface area contributed by atoms with Crippen LogP contribution in [0.15, 0.2) is 12.1 Å². The lowest BCUT2D eigenvalue weighted by atomic mass is 10.1. The number of primary amides is 1. The van der Waals surface area contributed by atoms with Gasteiger partial charge in [0.1, 0.15) is 18.3 Å². The molecule has 1 aromatic rings. The van der Waals surface area contributed by atoms with Crippen LogP contribution in [0.5, 0.6) is 5.88 Å². The van der Waals surface area contributed by atoms with Gasteiger partial charge in [-0.1, -0.05) is 6.07 Å². The van der Waals surface area contributed by atoms with E-state index >= 15 is 0 Å². The maximum Gasteiger partial charge on any atom is 0.273 e. The van der Waals surface area contributed by atoms with Crippen molar-refractivity contribution in [2.45, 2.75) is 56.1 Å². The zero-order chi connectivity index (χ0) is 19.9. The number of amides is 2. The quantitative estimate of drug-likeness (QED) is 0.793. The normalized spacial score (nSPS) is 26.4. The van der Waals surface area contributed by atoms with Crippen molar-refractivity contribution in [2.24, 2.45) is 5.73 Å². The molecule has 2 amide bonds. The molecule has 1 saturated carbocycles. The van der Waals surface area contributed by atoms with Crippen LogP contribution in [0.25, 0.3) is 0 Å². The van der Waals surface area contributed by atoms with Crippen molar-refractivity contribution in [2.75, 3.05) is 19.8 Å². The van der Waals surface area contributed by atoms with Gasteiger partial charge in [0.25, 0.3) is 11.8 Å². The van der Waals surface area contributed by atoms with Crippen LogP contribution in [0.4, 0.5) is 8.78 Å². The minimum Gasteiger partial charge on any atom is -0.475 e. The van der Waals surface area contributed by atoms with Crippen LogP contribution in [0.3, 0.4) is 0 Å². The molecule has 152 valence electrons. The van der Waals surface area contributed by atoms with Crippen LogP contribution in [-0.2, 0) is 9.53 Å². The average molecular weight is 395 g/mol. The summed E-state index contributed by atoms with van der Waals surface area (Å²) in [5.41, 5.74) is 6.10. The highest BCUT2D eigenvalue weighted by Crippen LogP contribution is 2.44. The van der Waals surface area contributed by atoms with Crippen LogP contribution < -0.4 is 10.5 Å². The van der Waals surface area contributed by atoms with Gasteiger partial charge in [-0.2, -0.15) is 0 Å². The molecule has 0 radical (unpaired) electrons. The van der Waals surface area contributed by atoms with Gasteiger partial charge in [0.05, 0.1) is 12.6 Å². The van der Waals surface area contributed by atoms with Gasteiger partial charge < -0.3 is 20.1 Å². The highest BCUT2D eigenvalue weighted by Gasteiger charge is 2.49. The second-order valence-electron chi connectivity index (χ2n) is 7.72. The van der Waals surface area contributed by atoms with Crippen molar-refractivity contribution in [3.8, 4) is 5.88 Å². The number of nitrogens with zero attached hydrogens (tertiary/aromatic N) is 2. The van der Waals surface area contributed by atoms with E-state index < -0.39 is 36.7 Å². The van der Waals surface area contributed by atoms with Crippen molar-refractivity contribution < 1.29 is 27.8 Å². The van der Waals surface area contributed by atoms with Crippen LogP contribution >= 0.6 is 0 Å². The molecule has 0 aromatic carbocycles. The molecule has 0 unspecified atom stereocenters. The van der Waals surface area contributed by atoms with Crippen molar-refractivity contribution in [3.63, 3.8) is 0 Å². The third-order valence-electron chi connectivity index (χ3n) is 5.42. The molecular weight excluding hydrogens is 372 g/mol. The van der Waals surface area contributed by atoms with Gasteiger partial charge in [0, 0.05) is 18.6 Å². The summed E-state index contributed by atoms with van der Waals surface area (Å²) >= 11 is 0. The first-order chi connectivity index (χ1) is 13.3. The molecular formula is C19H23F2N3O4. The van der Waals surface area contributed by atoms with E-state index in [-0.39, 0.29) is 11.8 Å². The Labute approximate surface area is 161 Å². The van der Waals surface area contributed by atoms with E-state index in [4.69, 9.17) is 15.2 Å². The number of carbonyl (C=O) groups is 2. The smallest absolute Gasteiger partial charge is 0.273 e. The van der Waals surface area contributed by atoms with Crippen LogP contribution in [0, 0.1) is 0 Å². The van der Waals surface area contributed by atoms with Crippen molar-refractivity contribution in [3.05, 3.63) is 23.4 Å². The SMILES string of the molecule is NC(=O)[C@@H]1CC(F)(F)CN1C(=O)c1ccc(C2CC2)c(OC[C@H]2CCCO2)n1. The number of rotatable bonds is 6. The topological polar surface area (TPSA) is 94.8 Å². The van der Waals surface area contributed by atoms with E-state index in [9.17, 15) is 18.4 Å². The number of aromatic nitrogens is 1. The maximum atomic E-state index is 13.8. The Morgan fingerprint density at radius 2 is 2.11 bits per heavy atom. The molecule has 1 aromatic heterocycles. The van der Waals surface area contributed by atoms with Crippen LogP contribution in [0.2, 0.25) is 0 Å². The molecule has 2 atom stereocenters. The molecule has 0 spiro atoms. The lowest BCUT2D eigenvalue weighted by Crippen LogP contribution is -2.44. The molecule has 0 bridgehead atoms. The summed E-state index contributed by atoms with van der Waals surface area (Å²) in [7, 11) is 0. The fourth-order valence-corrected chi connectivity index (χ4v) is 3.77. The molecule has 9 heteroatoms. The molecule has 2 saturated heterocycles. The van der Waals surface area contributed by atoms with E-state index in [1.807, 2.05) is 0 Å². The molecule has 2 N–H and O–H groups in total. The first-order valence-electron chi connectivity index (χ1n) is 9.57. The lowest BCUT2D eigenvalue weighted by Gasteiger charge is -2.22. The molecule has 28 heavy (non-hydrogen) atoms. The predicted molar refractivity (Wildman–Crippen MR) is 94.3 cm³/mol. The van der Waals surface area contributed by atoms with Crippen LogP contribution in [-0.4, -0.2) is 59.5 Å². The fourth-order valence-electron chi connectivity index (χ4n) is 3.77. The first-order valence-corrected chi connectivity index (χ1v) is 9.57. The van der Waals surface area contributed by atoms with E-state index in [1.165, 1.54) is 6.07 Å². The third-order valence-corrected chi connectivity index (χ3v) is 5.42. The Hall–Kier alpha value is -2.29. The predicted octanol–water partition coefficient (Wildman–Crippen LogP) is 1.85. The summed E-state index contributed by atoms with van der Waals surface area (Å²) in [6, 6.07) is 1.92. The van der Waals surface area contributed by atoms with Crippen molar-refractivity contribution in [1.29, 1.82) is 0 Å². The summed E-state index contributed by atoms with van der Waals surface area (Å²) in [4.78, 5) is 29.5. The molecule has 3 heterocycles. The largest absolute Gasteiger partial charge is 0.475 e. The summed E-state index contributed by atoms with van der Waals surface area (Å²) in [5.74, 6) is -4.17. The highest BCUT2D eigenvalue weighted by atomic mass is 19.3. The molecule has 3 fully saturated rings. The monoisotopic (exact) mass is 395 g/mol. The van der Waals surface area contributed by atoms with Crippen molar-refractivity contribution in [1.82, 2.24) is 9.88 Å². The average Bonchev–Trinajstić information content (AvgIpc) is 3.25. The molecule has 1 aliphatic carbocycles. The number of alkyl halides is 2. The summed E-state index contributed by atoms with van der Waals surface area (Å²) in [5, 5.41) is 0. The Kier molecular flexibility index (Phi) is 4.95. The maximum absolute atomic E-state index is 13.8. The minimum absolute atomic E-state index is 0.00951. The molecule has 3 aliphatic rings. The first kappa shape index (κ1) is 19.0. The van der Waals surface area contributed by atoms with Gasteiger partial charge >= 0.3 is 0 Å². The Morgan fingerprint density at radius 1 is 1.32 bits per heavy atom. The van der Waals surface area contributed by atoms with E-state index in [2.05, 4.69) is 4.98 Å². The number of ether oxygens (including phenoxy) is 2. The number of carbonyl (C=O) groups excluding carboxylic acids is 2. The van der Waals surface area contributed by atoms with Gasteiger partial charge in [-0.05, 0) is 37.7 Å². The number of halogens is 2. The Balaban J connectivity index is 1.55. The fraction of sp³-hybridized carbons (Fsp3) is 0.632. The Bertz CT molecular complexity index is 778. The third kappa shape index (κ3) is 3.94. The molecule has 4 rings (SSSR count). The summed E-state index contributed by atoms with van der Waals surface area (Å²) in [6.07, 6.45) is 3.15. The van der Waals surface area contributed by atoms with E-state index in [0.717, 1.165) is 36.1 Å².